The fourth-order valence-corrected chi connectivity index (χ4v) is 2.53. The van der Waals surface area contributed by atoms with Gasteiger partial charge >= 0.3 is 0 Å². The summed E-state index contributed by atoms with van der Waals surface area (Å²) in [7, 11) is 0. The first-order valence-electron chi connectivity index (χ1n) is 6.59. The van der Waals surface area contributed by atoms with E-state index in [1.54, 1.807) is 36.5 Å². The summed E-state index contributed by atoms with van der Waals surface area (Å²) in [5.74, 6) is 0. The first-order chi connectivity index (χ1) is 10.7. The summed E-state index contributed by atoms with van der Waals surface area (Å²) in [5.41, 5.74) is 2.67. The van der Waals surface area contributed by atoms with Gasteiger partial charge in [0, 0.05) is 16.8 Å². The van der Waals surface area contributed by atoms with E-state index in [9.17, 15) is 10.1 Å². The summed E-state index contributed by atoms with van der Waals surface area (Å²) in [4.78, 5) is 15.0. The topological polar surface area (TPSA) is 56.6 Å². The summed E-state index contributed by atoms with van der Waals surface area (Å²) < 4.78 is 0. The number of nitrogens with zero attached hydrogens (tertiary/aromatic N) is 1. The van der Waals surface area contributed by atoms with Crippen molar-refractivity contribution in [1.82, 2.24) is 4.98 Å². The Labute approximate surface area is 132 Å². The molecule has 22 heavy (non-hydrogen) atoms. The van der Waals surface area contributed by atoms with E-state index < -0.39 is 0 Å². The SMILES string of the molecule is N#Cc1ccc(Cl)cc1-c1cc[nH]c(=O)c1-c1[c]cccc1. The van der Waals surface area contributed by atoms with Gasteiger partial charge in [0.15, 0.2) is 0 Å². The molecule has 3 rings (SSSR count). The lowest BCUT2D eigenvalue weighted by Crippen LogP contribution is -2.09. The van der Waals surface area contributed by atoms with Crippen LogP contribution in [0.2, 0.25) is 5.02 Å². The maximum Gasteiger partial charge on any atom is 0.256 e. The number of rotatable bonds is 2. The molecule has 0 amide bonds. The maximum atomic E-state index is 12.3. The van der Waals surface area contributed by atoms with Gasteiger partial charge in [0.1, 0.15) is 0 Å². The van der Waals surface area contributed by atoms with Gasteiger partial charge in [-0.05, 0) is 41.5 Å². The number of benzene rings is 2. The highest BCUT2D eigenvalue weighted by molar-refractivity contribution is 6.31. The van der Waals surface area contributed by atoms with Crippen LogP contribution in [0.3, 0.4) is 0 Å². The minimum atomic E-state index is -0.233. The Morgan fingerprint density at radius 1 is 1.14 bits per heavy atom. The highest BCUT2D eigenvalue weighted by Crippen LogP contribution is 2.32. The third kappa shape index (κ3) is 2.52. The van der Waals surface area contributed by atoms with E-state index in [4.69, 9.17) is 11.6 Å². The van der Waals surface area contributed by atoms with Gasteiger partial charge in [0.2, 0.25) is 0 Å². The Morgan fingerprint density at radius 3 is 2.73 bits per heavy atom. The molecule has 0 saturated carbocycles. The number of nitrogens with one attached hydrogen (secondary N) is 1. The smallest absolute Gasteiger partial charge is 0.256 e. The van der Waals surface area contributed by atoms with Crippen LogP contribution in [0.4, 0.5) is 0 Å². The van der Waals surface area contributed by atoms with Gasteiger partial charge in [-0.15, -0.1) is 0 Å². The van der Waals surface area contributed by atoms with Crippen LogP contribution in [0.5, 0.6) is 0 Å². The molecule has 4 heteroatoms. The molecule has 0 bridgehead atoms. The van der Waals surface area contributed by atoms with Crippen LogP contribution in [0, 0.1) is 17.4 Å². The van der Waals surface area contributed by atoms with Gasteiger partial charge in [-0.2, -0.15) is 5.26 Å². The fourth-order valence-electron chi connectivity index (χ4n) is 2.36. The van der Waals surface area contributed by atoms with E-state index in [1.165, 1.54) is 0 Å². The zero-order valence-electron chi connectivity index (χ0n) is 11.4. The number of pyridine rings is 1. The van der Waals surface area contributed by atoms with Crippen LogP contribution in [0.15, 0.2) is 59.5 Å². The van der Waals surface area contributed by atoms with Crippen molar-refractivity contribution in [2.75, 3.05) is 0 Å². The third-order valence-electron chi connectivity index (χ3n) is 3.33. The second kappa shape index (κ2) is 5.88. The van der Waals surface area contributed by atoms with Gasteiger partial charge < -0.3 is 4.98 Å². The quantitative estimate of drug-likeness (QED) is 0.777. The highest BCUT2D eigenvalue weighted by atomic mass is 35.5. The average molecular weight is 306 g/mol. The first kappa shape index (κ1) is 14.1. The van der Waals surface area contributed by atoms with Gasteiger partial charge in [-0.1, -0.05) is 35.9 Å². The Balaban J connectivity index is 2.35. The van der Waals surface area contributed by atoms with Crippen molar-refractivity contribution in [1.29, 1.82) is 5.26 Å². The normalized spacial score (nSPS) is 10.2. The number of hydrogen-bond acceptors (Lipinski definition) is 2. The predicted molar refractivity (Wildman–Crippen MR) is 86.5 cm³/mol. The van der Waals surface area contributed by atoms with Crippen LogP contribution in [-0.4, -0.2) is 4.98 Å². The summed E-state index contributed by atoms with van der Waals surface area (Å²) in [6.07, 6.45) is 1.56. The molecule has 0 unspecified atom stereocenters. The molecule has 3 aromatic rings. The molecule has 1 N–H and O–H groups in total. The molecule has 105 valence electrons. The zero-order chi connectivity index (χ0) is 15.5. The van der Waals surface area contributed by atoms with E-state index in [0.717, 1.165) is 0 Å². The minimum absolute atomic E-state index is 0.233. The number of halogens is 1. The lowest BCUT2D eigenvalue weighted by atomic mass is 9.93. The molecular formula is C18H10ClN2O. The van der Waals surface area contributed by atoms with Crippen molar-refractivity contribution in [3.63, 3.8) is 0 Å². The number of H-pyrrole nitrogens is 1. The van der Waals surface area contributed by atoms with E-state index >= 15 is 0 Å². The molecule has 2 aromatic carbocycles. The molecule has 0 saturated heterocycles. The third-order valence-corrected chi connectivity index (χ3v) is 3.57. The Hall–Kier alpha value is -2.83. The van der Waals surface area contributed by atoms with Crippen LogP contribution in [0.1, 0.15) is 5.56 Å². The molecular weight excluding hydrogens is 296 g/mol. The van der Waals surface area contributed by atoms with Crippen LogP contribution in [0.25, 0.3) is 22.3 Å². The largest absolute Gasteiger partial charge is 0.329 e. The maximum absolute atomic E-state index is 12.3. The van der Waals surface area contributed by atoms with Crippen molar-refractivity contribution < 1.29 is 0 Å². The van der Waals surface area contributed by atoms with Crippen LogP contribution in [-0.2, 0) is 0 Å². The number of aromatic nitrogens is 1. The van der Waals surface area contributed by atoms with Crippen molar-refractivity contribution in [3.05, 3.63) is 81.7 Å². The second-order valence-electron chi connectivity index (χ2n) is 4.67. The number of aromatic amines is 1. The van der Waals surface area contributed by atoms with Crippen molar-refractivity contribution in [2.45, 2.75) is 0 Å². The predicted octanol–water partition coefficient (Wildman–Crippen LogP) is 4.03. The number of hydrogen-bond donors (Lipinski definition) is 1. The number of nitriles is 1. The molecule has 1 aromatic heterocycles. The summed E-state index contributed by atoms with van der Waals surface area (Å²) in [5, 5.41) is 9.83. The molecule has 0 aliphatic rings. The van der Waals surface area contributed by atoms with Gasteiger partial charge in [-0.3, -0.25) is 4.79 Å². The summed E-state index contributed by atoms with van der Waals surface area (Å²) in [6.45, 7) is 0. The molecule has 0 aliphatic carbocycles. The van der Waals surface area contributed by atoms with Crippen LogP contribution < -0.4 is 5.56 Å². The Morgan fingerprint density at radius 2 is 2.00 bits per heavy atom. The van der Waals surface area contributed by atoms with Gasteiger partial charge in [-0.25, -0.2) is 0 Å². The summed E-state index contributed by atoms with van der Waals surface area (Å²) in [6, 6.07) is 19.2. The van der Waals surface area contributed by atoms with Crippen molar-refractivity contribution in [2.24, 2.45) is 0 Å². The van der Waals surface area contributed by atoms with Crippen molar-refractivity contribution in [3.8, 4) is 28.3 Å². The van der Waals surface area contributed by atoms with E-state index in [0.29, 0.717) is 32.8 Å². The van der Waals surface area contributed by atoms with E-state index in [1.807, 2.05) is 18.2 Å². The van der Waals surface area contributed by atoms with Crippen LogP contribution >= 0.6 is 11.6 Å². The highest BCUT2D eigenvalue weighted by Gasteiger charge is 2.14. The minimum Gasteiger partial charge on any atom is -0.329 e. The van der Waals surface area contributed by atoms with E-state index in [-0.39, 0.29) is 5.56 Å². The van der Waals surface area contributed by atoms with E-state index in [2.05, 4.69) is 17.1 Å². The molecule has 0 atom stereocenters. The second-order valence-corrected chi connectivity index (χ2v) is 5.11. The average Bonchev–Trinajstić information content (AvgIpc) is 2.55. The summed E-state index contributed by atoms with van der Waals surface area (Å²) >= 11 is 6.06. The van der Waals surface area contributed by atoms with Gasteiger partial charge in [0.25, 0.3) is 5.56 Å². The molecule has 1 radical (unpaired) electrons. The van der Waals surface area contributed by atoms with Gasteiger partial charge in [0.05, 0.1) is 17.2 Å². The molecule has 0 spiro atoms. The lowest BCUT2D eigenvalue weighted by Gasteiger charge is -2.10. The molecule has 1 heterocycles. The molecule has 0 fully saturated rings. The Bertz CT molecular complexity index is 924. The fraction of sp³-hybridized carbons (Fsp3) is 0. The standard InChI is InChI=1S/C18H10ClN2O/c19-14-7-6-13(11-20)16(10-14)15-8-9-21-18(22)17(15)12-4-2-1-3-5-12/h1-4,6-10H,(H,21,22). The Kier molecular flexibility index (Phi) is 3.78. The lowest BCUT2D eigenvalue weighted by molar-refractivity contribution is 1.24. The molecule has 0 aliphatic heterocycles. The monoisotopic (exact) mass is 305 g/mol. The first-order valence-corrected chi connectivity index (χ1v) is 6.97. The van der Waals surface area contributed by atoms with Crippen molar-refractivity contribution >= 4 is 11.6 Å². The molecule has 3 nitrogen and oxygen atoms in total. The zero-order valence-corrected chi connectivity index (χ0v) is 12.2.